The first-order chi connectivity index (χ1) is 12.2. The van der Waals surface area contributed by atoms with Gasteiger partial charge in [-0.2, -0.15) is 0 Å². The van der Waals surface area contributed by atoms with Crippen LogP contribution in [-0.2, 0) is 19.2 Å². The average molecular weight is 401 g/mol. The zero-order valence-electron chi connectivity index (χ0n) is 14.5. The fraction of sp³-hybridized carbons (Fsp3) is 0.692. The van der Waals surface area contributed by atoms with Crippen LogP contribution in [0.5, 0.6) is 0 Å². The molecule has 13 N–H and O–H groups in total. The van der Waals surface area contributed by atoms with Crippen molar-refractivity contribution in [1.82, 2.24) is 0 Å². The quantitative estimate of drug-likeness (QED) is 0.161. The van der Waals surface area contributed by atoms with Crippen LogP contribution in [0.15, 0.2) is 0 Å². The molecule has 0 aromatic carbocycles. The first-order valence-electron chi connectivity index (χ1n) is 7.26. The molecule has 160 valence electrons. The van der Waals surface area contributed by atoms with Gasteiger partial charge in [0.05, 0.1) is 13.0 Å². The van der Waals surface area contributed by atoms with Crippen LogP contribution < -0.4 is 17.2 Å². The SMILES string of the molecule is C[C@H](N)C(=O)O.NC(=O)C[C@H](N)C(=O)O.O=C[C@H](O)[C@@H](O)[C@H](O)[C@H](O)CO. The highest BCUT2D eigenvalue weighted by atomic mass is 16.4. The minimum Gasteiger partial charge on any atom is -0.480 e. The summed E-state index contributed by atoms with van der Waals surface area (Å²) in [6, 6.07) is -1.90. The molecule has 27 heavy (non-hydrogen) atoms. The van der Waals surface area contributed by atoms with Crippen molar-refractivity contribution in [3.8, 4) is 0 Å². The molecule has 0 heterocycles. The molecule has 0 rings (SSSR count). The first kappa shape index (κ1) is 29.6. The van der Waals surface area contributed by atoms with Crippen molar-refractivity contribution in [3.05, 3.63) is 0 Å². The van der Waals surface area contributed by atoms with E-state index in [1.165, 1.54) is 6.92 Å². The number of aldehydes is 1. The Kier molecular flexibility index (Phi) is 17.5. The molecule has 0 aromatic rings. The van der Waals surface area contributed by atoms with E-state index in [2.05, 4.69) is 5.73 Å². The zero-order valence-corrected chi connectivity index (χ0v) is 14.5. The summed E-state index contributed by atoms with van der Waals surface area (Å²) in [5.41, 5.74) is 14.4. The predicted molar refractivity (Wildman–Crippen MR) is 87.9 cm³/mol. The van der Waals surface area contributed by atoms with Crippen LogP contribution in [0.2, 0.25) is 0 Å². The fourth-order valence-electron chi connectivity index (χ4n) is 0.922. The number of carboxylic acids is 2. The van der Waals surface area contributed by atoms with Gasteiger partial charge in [0.1, 0.15) is 36.5 Å². The van der Waals surface area contributed by atoms with Crippen molar-refractivity contribution in [1.29, 1.82) is 0 Å². The lowest BCUT2D eigenvalue weighted by atomic mass is 10.0. The van der Waals surface area contributed by atoms with Gasteiger partial charge in [-0.05, 0) is 6.92 Å². The Bertz CT molecular complexity index is 461. The summed E-state index contributed by atoms with van der Waals surface area (Å²) < 4.78 is 0. The van der Waals surface area contributed by atoms with Crippen LogP contribution in [0.25, 0.3) is 0 Å². The van der Waals surface area contributed by atoms with E-state index in [0.717, 1.165) is 0 Å². The molecule has 14 nitrogen and oxygen atoms in total. The van der Waals surface area contributed by atoms with E-state index in [1.807, 2.05) is 0 Å². The number of amides is 1. The number of rotatable bonds is 9. The lowest BCUT2D eigenvalue weighted by Gasteiger charge is -2.22. The van der Waals surface area contributed by atoms with Gasteiger partial charge in [-0.25, -0.2) is 0 Å². The smallest absolute Gasteiger partial charge is 0.321 e. The van der Waals surface area contributed by atoms with Crippen LogP contribution in [0.3, 0.4) is 0 Å². The molecule has 0 fully saturated rings. The molecule has 0 aromatic heterocycles. The summed E-state index contributed by atoms with van der Waals surface area (Å²) in [4.78, 5) is 39.4. The van der Waals surface area contributed by atoms with Gasteiger partial charge in [0, 0.05) is 0 Å². The standard InChI is InChI=1S/C6H12O6.C4H8N2O3.C3H7NO2/c7-1-3(9)5(11)6(12)4(10)2-8;5-2(4(8)9)1-3(6)7;1-2(4)3(5)6/h1,3-6,8-12H,2H2;2H,1,5H2,(H2,6,7)(H,8,9);2H,4H2,1H3,(H,5,6)/t3-,4+,5+,6+;2*2-/m000/s1. The van der Waals surface area contributed by atoms with E-state index < -0.39 is 61.0 Å². The predicted octanol–water partition coefficient (Wildman–Crippen LogP) is -5.69. The highest BCUT2D eigenvalue weighted by molar-refractivity contribution is 5.83. The van der Waals surface area contributed by atoms with Gasteiger partial charge in [0.15, 0.2) is 6.29 Å². The lowest BCUT2D eigenvalue weighted by molar-refractivity contribution is -0.140. The van der Waals surface area contributed by atoms with Crippen molar-refractivity contribution >= 4 is 24.1 Å². The maximum atomic E-state index is 9.99. The van der Waals surface area contributed by atoms with Crippen molar-refractivity contribution < 1.29 is 54.9 Å². The summed E-state index contributed by atoms with van der Waals surface area (Å²) in [6.45, 7) is 0.659. The van der Waals surface area contributed by atoms with Crippen LogP contribution in [0.4, 0.5) is 0 Å². The molecule has 0 radical (unpaired) electrons. The molecule has 1 amide bonds. The first-order valence-corrected chi connectivity index (χ1v) is 7.26. The van der Waals surface area contributed by atoms with E-state index in [0.29, 0.717) is 0 Å². The molecule has 0 bridgehead atoms. The van der Waals surface area contributed by atoms with E-state index in [4.69, 9.17) is 47.2 Å². The third kappa shape index (κ3) is 17.0. The molecule has 0 aliphatic carbocycles. The van der Waals surface area contributed by atoms with Gasteiger partial charge in [-0.3, -0.25) is 14.4 Å². The minimum atomic E-state index is -1.79. The van der Waals surface area contributed by atoms with E-state index >= 15 is 0 Å². The van der Waals surface area contributed by atoms with Gasteiger partial charge in [0.2, 0.25) is 5.91 Å². The summed E-state index contributed by atoms with van der Waals surface area (Å²) in [5, 5.41) is 59.5. The Morgan fingerprint density at radius 1 is 0.963 bits per heavy atom. The maximum Gasteiger partial charge on any atom is 0.321 e. The van der Waals surface area contributed by atoms with Gasteiger partial charge < -0.3 is 57.7 Å². The highest BCUT2D eigenvalue weighted by Crippen LogP contribution is 2.02. The second-order valence-corrected chi connectivity index (χ2v) is 5.10. The number of nitrogens with two attached hydrogens (primary N) is 3. The molecular weight excluding hydrogens is 374 g/mol. The molecule has 0 spiro atoms. The Labute approximate surface area is 153 Å². The largest absolute Gasteiger partial charge is 0.480 e. The second kappa shape index (κ2) is 16.0. The number of carboxylic acid groups (broad SMARTS) is 2. The number of aliphatic hydroxyl groups is 5. The molecule has 6 atom stereocenters. The number of carbonyl (C=O) groups excluding carboxylic acids is 2. The Morgan fingerprint density at radius 2 is 1.37 bits per heavy atom. The van der Waals surface area contributed by atoms with Gasteiger partial charge in [-0.15, -0.1) is 0 Å². The van der Waals surface area contributed by atoms with Crippen molar-refractivity contribution in [2.45, 2.75) is 49.8 Å². The monoisotopic (exact) mass is 401 g/mol. The zero-order chi connectivity index (χ0) is 22.3. The van der Waals surface area contributed by atoms with Crippen LogP contribution in [0, 0.1) is 0 Å². The number of primary amides is 1. The van der Waals surface area contributed by atoms with Crippen LogP contribution in [0.1, 0.15) is 13.3 Å². The molecule has 0 unspecified atom stereocenters. The summed E-state index contributed by atoms with van der Waals surface area (Å²) in [5.74, 6) is -2.88. The van der Waals surface area contributed by atoms with Crippen LogP contribution in [-0.4, -0.2) is 103 Å². The fourth-order valence-corrected chi connectivity index (χ4v) is 0.922. The minimum absolute atomic E-state index is 0.0258. The molecule has 0 aliphatic rings. The van der Waals surface area contributed by atoms with Crippen molar-refractivity contribution in [3.63, 3.8) is 0 Å². The van der Waals surface area contributed by atoms with E-state index in [9.17, 15) is 19.2 Å². The van der Waals surface area contributed by atoms with Crippen molar-refractivity contribution in [2.75, 3.05) is 6.61 Å². The van der Waals surface area contributed by atoms with Gasteiger partial charge >= 0.3 is 11.9 Å². The van der Waals surface area contributed by atoms with Crippen LogP contribution >= 0.6 is 0 Å². The summed E-state index contributed by atoms with van der Waals surface area (Å²) >= 11 is 0. The molecular formula is C13H27N3O11. The number of hydrogen-bond acceptors (Lipinski definition) is 11. The third-order valence-corrected chi connectivity index (χ3v) is 2.55. The average Bonchev–Trinajstić information content (AvgIpc) is 2.59. The van der Waals surface area contributed by atoms with E-state index in [-0.39, 0.29) is 12.7 Å². The van der Waals surface area contributed by atoms with Gasteiger partial charge in [-0.1, -0.05) is 0 Å². The lowest BCUT2D eigenvalue weighted by Crippen LogP contribution is -2.46. The Balaban J connectivity index is -0.000000340. The summed E-state index contributed by atoms with van der Waals surface area (Å²) in [6.07, 6.45) is -7.15. The normalized spacial score (nSPS) is 16.6. The topological polar surface area (TPSA) is 288 Å². The highest BCUT2D eigenvalue weighted by Gasteiger charge is 2.29. The number of carbonyl (C=O) groups is 4. The Morgan fingerprint density at radius 3 is 1.56 bits per heavy atom. The van der Waals surface area contributed by atoms with Gasteiger partial charge in [0.25, 0.3) is 0 Å². The molecule has 14 heteroatoms. The molecule has 0 saturated heterocycles. The number of hydrogen-bond donors (Lipinski definition) is 10. The second-order valence-electron chi connectivity index (χ2n) is 5.10. The molecule has 0 saturated carbocycles. The molecule has 0 aliphatic heterocycles. The number of aliphatic hydroxyl groups excluding tert-OH is 5. The van der Waals surface area contributed by atoms with Crippen molar-refractivity contribution in [2.24, 2.45) is 17.2 Å². The maximum absolute atomic E-state index is 9.99. The summed E-state index contributed by atoms with van der Waals surface area (Å²) in [7, 11) is 0. The van der Waals surface area contributed by atoms with E-state index in [1.54, 1.807) is 0 Å². The Hall–Kier alpha value is -2.20. The third-order valence-electron chi connectivity index (χ3n) is 2.55. The number of aliphatic carboxylic acids is 2.